The van der Waals surface area contributed by atoms with Crippen LogP contribution in [0.1, 0.15) is 33.3 Å². The van der Waals surface area contributed by atoms with Gasteiger partial charge in [-0.15, -0.1) is 0 Å². The van der Waals surface area contributed by atoms with Crippen molar-refractivity contribution in [2.24, 2.45) is 5.92 Å². The predicted octanol–water partition coefficient (Wildman–Crippen LogP) is 3.69. The van der Waals surface area contributed by atoms with Crippen molar-refractivity contribution < 1.29 is 9.47 Å². The first kappa shape index (κ1) is 14.0. The maximum Gasteiger partial charge on any atom is 0.119 e. The molecule has 0 saturated heterocycles. The minimum absolute atomic E-state index is 0.269. The first-order valence-electron chi connectivity index (χ1n) is 6.41. The molecule has 1 aromatic rings. The Labute approximate surface area is 105 Å². The molecular weight excluding hydrogens is 212 g/mol. The third-order valence-corrected chi connectivity index (χ3v) is 2.35. The molecule has 17 heavy (non-hydrogen) atoms. The SMILES string of the molecule is CC(C)Cc1cccc(OCCOC(C)C)c1. The first-order chi connectivity index (χ1) is 8.08. The average Bonchev–Trinajstić information content (AvgIpc) is 2.24. The van der Waals surface area contributed by atoms with Gasteiger partial charge in [0.05, 0.1) is 12.7 Å². The standard InChI is InChI=1S/C15H24O2/c1-12(2)10-14-6-5-7-15(11-14)17-9-8-16-13(3)4/h5-7,11-13H,8-10H2,1-4H3. The van der Waals surface area contributed by atoms with Gasteiger partial charge in [-0.2, -0.15) is 0 Å². The maximum absolute atomic E-state index is 5.65. The molecule has 0 atom stereocenters. The fourth-order valence-corrected chi connectivity index (χ4v) is 1.68. The van der Waals surface area contributed by atoms with E-state index in [2.05, 4.69) is 32.0 Å². The van der Waals surface area contributed by atoms with Crippen LogP contribution in [-0.2, 0) is 11.2 Å². The highest BCUT2D eigenvalue weighted by Crippen LogP contribution is 2.16. The number of hydrogen-bond acceptors (Lipinski definition) is 2. The van der Waals surface area contributed by atoms with Crippen molar-refractivity contribution >= 4 is 0 Å². The largest absolute Gasteiger partial charge is 0.491 e. The molecule has 0 unspecified atom stereocenters. The third-order valence-electron chi connectivity index (χ3n) is 2.35. The summed E-state index contributed by atoms with van der Waals surface area (Å²) in [6.45, 7) is 9.77. The lowest BCUT2D eigenvalue weighted by Crippen LogP contribution is -2.11. The zero-order chi connectivity index (χ0) is 12.7. The van der Waals surface area contributed by atoms with Crippen molar-refractivity contribution in [3.05, 3.63) is 29.8 Å². The zero-order valence-corrected chi connectivity index (χ0v) is 11.4. The summed E-state index contributed by atoms with van der Waals surface area (Å²) in [5.74, 6) is 1.62. The van der Waals surface area contributed by atoms with E-state index in [9.17, 15) is 0 Å². The van der Waals surface area contributed by atoms with Crippen LogP contribution in [0, 0.1) is 5.92 Å². The van der Waals surface area contributed by atoms with E-state index < -0.39 is 0 Å². The van der Waals surface area contributed by atoms with Gasteiger partial charge in [0.15, 0.2) is 0 Å². The summed E-state index contributed by atoms with van der Waals surface area (Å²) in [4.78, 5) is 0. The molecule has 1 aromatic carbocycles. The van der Waals surface area contributed by atoms with Gasteiger partial charge in [0.1, 0.15) is 12.4 Å². The van der Waals surface area contributed by atoms with Crippen LogP contribution in [0.3, 0.4) is 0 Å². The number of hydrogen-bond donors (Lipinski definition) is 0. The van der Waals surface area contributed by atoms with Crippen LogP contribution in [0.4, 0.5) is 0 Å². The fraction of sp³-hybridized carbons (Fsp3) is 0.600. The van der Waals surface area contributed by atoms with Gasteiger partial charge in [-0.1, -0.05) is 26.0 Å². The summed E-state index contributed by atoms with van der Waals surface area (Å²) in [5.41, 5.74) is 1.34. The van der Waals surface area contributed by atoms with Crippen molar-refractivity contribution in [2.75, 3.05) is 13.2 Å². The average molecular weight is 236 g/mol. The molecule has 0 bridgehead atoms. The van der Waals surface area contributed by atoms with Crippen molar-refractivity contribution in [3.8, 4) is 5.75 Å². The molecule has 0 aliphatic heterocycles. The second-order valence-corrected chi connectivity index (χ2v) is 5.01. The molecule has 0 aromatic heterocycles. The van der Waals surface area contributed by atoms with E-state index in [1.165, 1.54) is 5.56 Å². The van der Waals surface area contributed by atoms with Gasteiger partial charge in [0.2, 0.25) is 0 Å². The van der Waals surface area contributed by atoms with E-state index in [1.807, 2.05) is 19.9 Å². The molecule has 2 heteroatoms. The molecule has 0 spiro atoms. The molecular formula is C15H24O2. The molecule has 96 valence electrons. The van der Waals surface area contributed by atoms with Crippen LogP contribution in [-0.4, -0.2) is 19.3 Å². The Morgan fingerprint density at radius 1 is 1.06 bits per heavy atom. The van der Waals surface area contributed by atoms with Crippen LogP contribution in [0.25, 0.3) is 0 Å². The van der Waals surface area contributed by atoms with Gasteiger partial charge in [-0.3, -0.25) is 0 Å². The quantitative estimate of drug-likeness (QED) is 0.672. The topological polar surface area (TPSA) is 18.5 Å². The number of ether oxygens (including phenoxy) is 2. The molecule has 0 radical (unpaired) electrons. The first-order valence-corrected chi connectivity index (χ1v) is 6.41. The molecule has 0 fully saturated rings. The molecule has 0 N–H and O–H groups in total. The number of benzene rings is 1. The van der Waals surface area contributed by atoms with E-state index in [0.717, 1.165) is 12.2 Å². The number of rotatable bonds is 7. The van der Waals surface area contributed by atoms with Gasteiger partial charge in [-0.05, 0) is 43.9 Å². The Morgan fingerprint density at radius 3 is 2.47 bits per heavy atom. The summed E-state index contributed by atoms with van der Waals surface area (Å²) in [6.07, 6.45) is 1.37. The summed E-state index contributed by atoms with van der Waals surface area (Å²) in [7, 11) is 0. The summed E-state index contributed by atoms with van der Waals surface area (Å²) < 4.78 is 11.1. The smallest absolute Gasteiger partial charge is 0.119 e. The van der Waals surface area contributed by atoms with Crippen LogP contribution in [0.5, 0.6) is 5.75 Å². The highest BCUT2D eigenvalue weighted by atomic mass is 16.5. The van der Waals surface area contributed by atoms with Gasteiger partial charge in [-0.25, -0.2) is 0 Å². The lowest BCUT2D eigenvalue weighted by Gasteiger charge is -2.11. The van der Waals surface area contributed by atoms with Gasteiger partial charge >= 0.3 is 0 Å². The molecule has 0 aliphatic carbocycles. The van der Waals surface area contributed by atoms with Gasteiger partial charge in [0.25, 0.3) is 0 Å². The Hall–Kier alpha value is -1.02. The van der Waals surface area contributed by atoms with E-state index >= 15 is 0 Å². The van der Waals surface area contributed by atoms with Crippen LogP contribution < -0.4 is 4.74 Å². The summed E-state index contributed by atoms with van der Waals surface area (Å²) in [6, 6.07) is 8.32. The van der Waals surface area contributed by atoms with E-state index in [1.54, 1.807) is 0 Å². The van der Waals surface area contributed by atoms with Gasteiger partial charge < -0.3 is 9.47 Å². The lowest BCUT2D eigenvalue weighted by molar-refractivity contribution is 0.0552. The van der Waals surface area contributed by atoms with E-state index in [4.69, 9.17) is 9.47 Å². The summed E-state index contributed by atoms with van der Waals surface area (Å²) in [5, 5.41) is 0. The molecule has 1 rings (SSSR count). The fourth-order valence-electron chi connectivity index (χ4n) is 1.68. The molecule has 0 aliphatic rings. The minimum Gasteiger partial charge on any atom is -0.491 e. The van der Waals surface area contributed by atoms with Crippen molar-refractivity contribution in [3.63, 3.8) is 0 Å². The highest BCUT2D eigenvalue weighted by Gasteiger charge is 2.00. The third kappa shape index (κ3) is 6.32. The molecule has 0 saturated carbocycles. The van der Waals surface area contributed by atoms with Crippen LogP contribution in [0.15, 0.2) is 24.3 Å². The zero-order valence-electron chi connectivity index (χ0n) is 11.4. The minimum atomic E-state index is 0.269. The highest BCUT2D eigenvalue weighted by molar-refractivity contribution is 5.28. The van der Waals surface area contributed by atoms with Crippen molar-refractivity contribution in [1.29, 1.82) is 0 Å². The Balaban J connectivity index is 2.37. The Bertz CT molecular complexity index is 318. The second kappa shape index (κ2) is 7.33. The second-order valence-electron chi connectivity index (χ2n) is 5.01. The van der Waals surface area contributed by atoms with Crippen molar-refractivity contribution in [1.82, 2.24) is 0 Å². The summed E-state index contributed by atoms with van der Waals surface area (Å²) >= 11 is 0. The predicted molar refractivity (Wildman–Crippen MR) is 71.6 cm³/mol. The molecule has 0 heterocycles. The van der Waals surface area contributed by atoms with Crippen molar-refractivity contribution in [2.45, 2.75) is 40.2 Å². The van der Waals surface area contributed by atoms with Crippen LogP contribution >= 0.6 is 0 Å². The van der Waals surface area contributed by atoms with Crippen LogP contribution in [0.2, 0.25) is 0 Å². The molecule has 2 nitrogen and oxygen atoms in total. The lowest BCUT2D eigenvalue weighted by atomic mass is 10.0. The van der Waals surface area contributed by atoms with E-state index in [0.29, 0.717) is 19.1 Å². The van der Waals surface area contributed by atoms with E-state index in [-0.39, 0.29) is 6.10 Å². The van der Waals surface area contributed by atoms with Gasteiger partial charge in [0, 0.05) is 0 Å². The Kier molecular flexibility index (Phi) is 6.06. The Morgan fingerprint density at radius 2 is 1.82 bits per heavy atom. The normalized spacial score (nSPS) is 11.2. The monoisotopic (exact) mass is 236 g/mol. The molecule has 0 amide bonds. The maximum atomic E-state index is 5.65.